The number of alkyl halides is 1. The van der Waals surface area contributed by atoms with Crippen LogP contribution in [0.15, 0.2) is 46.9 Å². The van der Waals surface area contributed by atoms with Gasteiger partial charge in [-0.3, -0.25) is 4.79 Å². The average molecular weight is 321 g/mol. The molecule has 0 bridgehead atoms. The standard InChI is InChI=1S/C15H10Cl2N2O2/c16-8-14(20)18-9-5-6-13-12(7-9)19-15(21-13)10-3-1-2-4-11(10)17/h1-7H,8H2,(H,18,20). The Morgan fingerprint density at radius 2 is 2.05 bits per heavy atom. The SMILES string of the molecule is O=C(CCl)Nc1ccc2oc(-c3ccccc3Cl)nc2c1. The number of anilines is 1. The first-order valence-electron chi connectivity index (χ1n) is 6.18. The number of benzene rings is 2. The van der Waals surface area contributed by atoms with Crippen molar-refractivity contribution in [1.29, 1.82) is 0 Å². The van der Waals surface area contributed by atoms with E-state index >= 15 is 0 Å². The summed E-state index contributed by atoms with van der Waals surface area (Å²) in [4.78, 5) is 15.7. The molecular weight excluding hydrogens is 311 g/mol. The fourth-order valence-corrected chi connectivity index (χ4v) is 2.23. The molecule has 0 fully saturated rings. The summed E-state index contributed by atoms with van der Waals surface area (Å²) in [5, 5.41) is 3.23. The molecule has 0 atom stereocenters. The molecule has 0 unspecified atom stereocenters. The van der Waals surface area contributed by atoms with Gasteiger partial charge in [0, 0.05) is 5.69 Å². The molecule has 106 valence electrons. The van der Waals surface area contributed by atoms with Gasteiger partial charge in [0.05, 0.1) is 10.6 Å². The molecule has 1 heterocycles. The van der Waals surface area contributed by atoms with Gasteiger partial charge >= 0.3 is 0 Å². The Hall–Kier alpha value is -2.04. The van der Waals surface area contributed by atoms with E-state index < -0.39 is 0 Å². The fraction of sp³-hybridized carbons (Fsp3) is 0.0667. The van der Waals surface area contributed by atoms with Crippen molar-refractivity contribution in [2.24, 2.45) is 0 Å². The van der Waals surface area contributed by atoms with E-state index in [9.17, 15) is 4.79 Å². The van der Waals surface area contributed by atoms with Crippen LogP contribution in [0.5, 0.6) is 0 Å². The Labute approximate surface area is 130 Å². The van der Waals surface area contributed by atoms with E-state index in [0.717, 1.165) is 5.56 Å². The highest BCUT2D eigenvalue weighted by Gasteiger charge is 2.12. The molecule has 6 heteroatoms. The van der Waals surface area contributed by atoms with Crippen LogP contribution in [0.25, 0.3) is 22.6 Å². The maximum absolute atomic E-state index is 11.3. The van der Waals surface area contributed by atoms with Gasteiger partial charge in [-0.05, 0) is 30.3 Å². The maximum atomic E-state index is 11.3. The van der Waals surface area contributed by atoms with Gasteiger partial charge in [-0.25, -0.2) is 4.98 Å². The maximum Gasteiger partial charge on any atom is 0.239 e. The van der Waals surface area contributed by atoms with Crippen LogP contribution in [-0.4, -0.2) is 16.8 Å². The lowest BCUT2D eigenvalue weighted by Crippen LogP contribution is -2.12. The molecule has 1 aromatic heterocycles. The number of hydrogen-bond acceptors (Lipinski definition) is 3. The Morgan fingerprint density at radius 3 is 2.81 bits per heavy atom. The Kier molecular flexibility index (Phi) is 3.82. The predicted octanol–water partition coefficient (Wildman–Crippen LogP) is 4.33. The summed E-state index contributed by atoms with van der Waals surface area (Å²) in [6.07, 6.45) is 0. The van der Waals surface area contributed by atoms with E-state index in [2.05, 4.69) is 10.3 Å². The van der Waals surface area contributed by atoms with Crippen LogP contribution in [0, 0.1) is 0 Å². The highest BCUT2D eigenvalue weighted by atomic mass is 35.5. The molecule has 0 spiro atoms. The van der Waals surface area contributed by atoms with Gasteiger partial charge in [0.2, 0.25) is 11.8 Å². The van der Waals surface area contributed by atoms with Gasteiger partial charge in [-0.2, -0.15) is 0 Å². The van der Waals surface area contributed by atoms with E-state index in [1.165, 1.54) is 0 Å². The summed E-state index contributed by atoms with van der Waals surface area (Å²) in [5.41, 5.74) is 2.60. The second-order valence-corrected chi connectivity index (χ2v) is 5.04. The molecule has 0 saturated carbocycles. The van der Waals surface area contributed by atoms with Crippen LogP contribution in [-0.2, 0) is 4.79 Å². The number of hydrogen-bond donors (Lipinski definition) is 1. The summed E-state index contributed by atoms with van der Waals surface area (Å²) in [7, 11) is 0. The number of aromatic nitrogens is 1. The van der Waals surface area contributed by atoms with Gasteiger partial charge in [-0.15, -0.1) is 11.6 Å². The first-order chi connectivity index (χ1) is 10.2. The predicted molar refractivity (Wildman–Crippen MR) is 83.8 cm³/mol. The minimum absolute atomic E-state index is 0.0955. The van der Waals surface area contributed by atoms with Crippen molar-refractivity contribution < 1.29 is 9.21 Å². The molecule has 0 aliphatic carbocycles. The number of fused-ring (bicyclic) bond motifs is 1. The zero-order valence-electron chi connectivity index (χ0n) is 10.8. The summed E-state index contributed by atoms with van der Waals surface area (Å²) < 4.78 is 5.69. The lowest BCUT2D eigenvalue weighted by atomic mass is 10.2. The van der Waals surface area contributed by atoms with Crippen LogP contribution >= 0.6 is 23.2 Å². The lowest BCUT2D eigenvalue weighted by molar-refractivity contribution is -0.113. The second-order valence-electron chi connectivity index (χ2n) is 4.36. The number of carbonyl (C=O) groups is 1. The molecule has 2 aromatic carbocycles. The van der Waals surface area contributed by atoms with Crippen molar-refractivity contribution in [2.75, 3.05) is 11.2 Å². The van der Waals surface area contributed by atoms with Gasteiger partial charge in [-0.1, -0.05) is 23.7 Å². The average Bonchev–Trinajstić information content (AvgIpc) is 2.90. The normalized spacial score (nSPS) is 10.8. The van der Waals surface area contributed by atoms with Crippen molar-refractivity contribution in [2.45, 2.75) is 0 Å². The molecule has 1 amide bonds. The number of amides is 1. The quantitative estimate of drug-likeness (QED) is 0.731. The van der Waals surface area contributed by atoms with Gasteiger partial charge in [0.15, 0.2) is 5.58 Å². The molecule has 21 heavy (non-hydrogen) atoms. The van der Waals surface area contributed by atoms with Crippen molar-refractivity contribution in [3.05, 3.63) is 47.5 Å². The molecule has 1 N–H and O–H groups in total. The zero-order chi connectivity index (χ0) is 14.8. The molecule has 0 radical (unpaired) electrons. The molecule has 3 aromatic rings. The number of rotatable bonds is 3. The molecular formula is C15H10Cl2N2O2. The topological polar surface area (TPSA) is 55.1 Å². The summed E-state index contributed by atoms with van der Waals surface area (Å²) in [6.45, 7) is 0. The van der Waals surface area contributed by atoms with Crippen molar-refractivity contribution >= 4 is 45.9 Å². The second kappa shape index (κ2) is 5.76. The smallest absolute Gasteiger partial charge is 0.239 e. The molecule has 0 aliphatic heterocycles. The lowest BCUT2D eigenvalue weighted by Gasteiger charge is -2.01. The van der Waals surface area contributed by atoms with Gasteiger partial charge in [0.1, 0.15) is 11.4 Å². The summed E-state index contributed by atoms with van der Waals surface area (Å²) >= 11 is 11.6. The first kappa shape index (κ1) is 13.9. The van der Waals surface area contributed by atoms with E-state index in [1.807, 2.05) is 18.2 Å². The van der Waals surface area contributed by atoms with Crippen LogP contribution in [0.3, 0.4) is 0 Å². The van der Waals surface area contributed by atoms with Crippen molar-refractivity contribution in [3.8, 4) is 11.5 Å². The van der Waals surface area contributed by atoms with Crippen LogP contribution in [0.1, 0.15) is 0 Å². The molecule has 0 aliphatic rings. The van der Waals surface area contributed by atoms with Crippen LogP contribution < -0.4 is 5.32 Å². The van der Waals surface area contributed by atoms with Crippen molar-refractivity contribution in [3.63, 3.8) is 0 Å². The van der Waals surface area contributed by atoms with E-state index in [0.29, 0.717) is 27.7 Å². The Balaban J connectivity index is 2.01. The number of halogens is 2. The first-order valence-corrected chi connectivity index (χ1v) is 7.10. The molecule has 4 nitrogen and oxygen atoms in total. The summed E-state index contributed by atoms with van der Waals surface area (Å²) in [5.74, 6) is 0.0732. The van der Waals surface area contributed by atoms with E-state index in [4.69, 9.17) is 27.6 Å². The Morgan fingerprint density at radius 1 is 1.24 bits per heavy atom. The third-order valence-electron chi connectivity index (χ3n) is 2.90. The largest absolute Gasteiger partial charge is 0.436 e. The number of oxazole rings is 1. The minimum atomic E-state index is -0.272. The zero-order valence-corrected chi connectivity index (χ0v) is 12.3. The molecule has 0 saturated heterocycles. The molecule has 3 rings (SSSR count). The van der Waals surface area contributed by atoms with Gasteiger partial charge < -0.3 is 9.73 Å². The highest BCUT2D eigenvalue weighted by molar-refractivity contribution is 6.33. The number of nitrogens with zero attached hydrogens (tertiary/aromatic N) is 1. The third kappa shape index (κ3) is 2.86. The third-order valence-corrected chi connectivity index (χ3v) is 3.47. The monoisotopic (exact) mass is 320 g/mol. The highest BCUT2D eigenvalue weighted by Crippen LogP contribution is 2.30. The Bertz CT molecular complexity index is 814. The summed E-state index contributed by atoms with van der Waals surface area (Å²) in [6, 6.07) is 12.5. The van der Waals surface area contributed by atoms with E-state index in [1.54, 1.807) is 24.3 Å². The minimum Gasteiger partial charge on any atom is -0.436 e. The van der Waals surface area contributed by atoms with Crippen LogP contribution in [0.4, 0.5) is 5.69 Å². The van der Waals surface area contributed by atoms with E-state index in [-0.39, 0.29) is 11.8 Å². The van der Waals surface area contributed by atoms with Crippen molar-refractivity contribution in [1.82, 2.24) is 4.98 Å². The van der Waals surface area contributed by atoms with Crippen LogP contribution in [0.2, 0.25) is 5.02 Å². The fourth-order valence-electron chi connectivity index (χ4n) is 1.95. The number of nitrogens with one attached hydrogen (secondary N) is 1. The van der Waals surface area contributed by atoms with Gasteiger partial charge in [0.25, 0.3) is 0 Å². The number of carbonyl (C=O) groups excluding carboxylic acids is 1.